The molecule has 172 valence electrons. The van der Waals surface area contributed by atoms with Crippen molar-refractivity contribution in [3.05, 3.63) is 76.6 Å². The number of aromatic nitrogens is 3. The molecule has 0 spiro atoms. The van der Waals surface area contributed by atoms with Crippen molar-refractivity contribution in [2.75, 3.05) is 12.8 Å². The van der Waals surface area contributed by atoms with E-state index in [1.807, 2.05) is 6.92 Å². The van der Waals surface area contributed by atoms with E-state index in [9.17, 15) is 18.0 Å². The second-order valence-corrected chi connectivity index (χ2v) is 7.30. The fourth-order valence-electron chi connectivity index (χ4n) is 2.84. The number of alkyl halides is 3. The number of aromatic carboxylic acids is 1. The van der Waals surface area contributed by atoms with Gasteiger partial charge in [0.1, 0.15) is 5.75 Å². The first-order valence-electron chi connectivity index (χ1n) is 9.37. The summed E-state index contributed by atoms with van der Waals surface area (Å²) in [5.74, 6) is -0.767. The number of carbonyl (C=O) groups is 1. The normalized spacial score (nSPS) is 11.1. The van der Waals surface area contributed by atoms with Crippen molar-refractivity contribution >= 4 is 28.9 Å². The highest BCUT2D eigenvalue weighted by Gasteiger charge is 2.35. The number of aryl methyl sites for hydroxylation is 1. The van der Waals surface area contributed by atoms with Crippen LogP contribution in [-0.4, -0.2) is 32.8 Å². The Bertz CT molecular complexity index is 1300. The fraction of sp³-hybridized carbons (Fsp3) is 0.136. The van der Waals surface area contributed by atoms with Crippen LogP contribution < -0.4 is 10.5 Å². The molecule has 2 aromatic heterocycles. The summed E-state index contributed by atoms with van der Waals surface area (Å²) >= 11 is 5.72. The van der Waals surface area contributed by atoms with E-state index in [0.717, 1.165) is 17.7 Å². The molecule has 4 aromatic rings. The summed E-state index contributed by atoms with van der Waals surface area (Å²) in [5, 5.41) is 12.9. The molecule has 0 aliphatic carbocycles. The zero-order chi connectivity index (χ0) is 24.3. The maximum absolute atomic E-state index is 13.3. The molecule has 3 N–H and O–H groups in total. The molecule has 0 radical (unpaired) electrons. The molecule has 2 heterocycles. The molecule has 0 unspecified atom stereocenters. The van der Waals surface area contributed by atoms with Crippen LogP contribution in [0.5, 0.6) is 5.75 Å². The highest BCUT2D eigenvalue weighted by molar-refractivity contribution is 6.32. The molecule has 7 nitrogen and oxygen atoms in total. The van der Waals surface area contributed by atoms with E-state index in [1.54, 1.807) is 49.6 Å². The van der Waals surface area contributed by atoms with Gasteiger partial charge >= 0.3 is 12.1 Å². The third kappa shape index (κ3) is 5.53. The molecule has 0 amide bonds. The van der Waals surface area contributed by atoms with Gasteiger partial charge in [0.25, 0.3) is 0 Å². The van der Waals surface area contributed by atoms with Gasteiger partial charge < -0.3 is 15.6 Å². The molecule has 2 aromatic carbocycles. The van der Waals surface area contributed by atoms with Gasteiger partial charge in [-0.25, -0.2) is 14.3 Å². The van der Waals surface area contributed by atoms with E-state index in [1.165, 1.54) is 0 Å². The lowest BCUT2D eigenvalue weighted by atomic mass is 10.1. The number of methoxy groups -OCH3 is 1. The average molecular weight is 479 g/mol. The predicted octanol–water partition coefficient (Wildman–Crippen LogP) is 5.35. The standard InChI is InChI=1S/C15H10F3N3O2.C7H8ClNO/c1-8-2-4-9(5-3-8)10-6-12(15(16,17)18)21-13(19-10)7-11(20-21)14(22)23;1-10-7-3-2-5(9)4-6(7)8/h2-7H,1H3,(H,22,23);2-4H,9H2,1H3. The lowest BCUT2D eigenvalue weighted by molar-refractivity contribution is -0.142. The summed E-state index contributed by atoms with van der Waals surface area (Å²) in [6.45, 7) is 1.86. The number of rotatable bonds is 3. The maximum atomic E-state index is 13.3. The van der Waals surface area contributed by atoms with Crippen LogP contribution in [-0.2, 0) is 6.18 Å². The van der Waals surface area contributed by atoms with Crippen LogP contribution in [0.25, 0.3) is 16.9 Å². The third-order valence-corrected chi connectivity index (χ3v) is 4.76. The largest absolute Gasteiger partial charge is 0.495 e. The van der Waals surface area contributed by atoms with Gasteiger partial charge in [0.2, 0.25) is 0 Å². The van der Waals surface area contributed by atoms with Crippen molar-refractivity contribution in [1.29, 1.82) is 0 Å². The quantitative estimate of drug-likeness (QED) is 0.385. The summed E-state index contributed by atoms with van der Waals surface area (Å²) in [5.41, 5.74) is 5.90. The Kier molecular flexibility index (Phi) is 6.78. The first-order chi connectivity index (χ1) is 15.5. The van der Waals surface area contributed by atoms with Crippen molar-refractivity contribution in [2.45, 2.75) is 13.1 Å². The number of nitrogens with zero attached hydrogens (tertiary/aromatic N) is 3. The van der Waals surface area contributed by atoms with Gasteiger partial charge in [-0.2, -0.15) is 18.3 Å². The van der Waals surface area contributed by atoms with E-state index < -0.39 is 23.5 Å². The van der Waals surface area contributed by atoms with Crippen LogP contribution >= 0.6 is 11.6 Å². The van der Waals surface area contributed by atoms with Crippen molar-refractivity contribution < 1.29 is 27.8 Å². The van der Waals surface area contributed by atoms with Gasteiger partial charge in [0, 0.05) is 17.3 Å². The zero-order valence-corrected chi connectivity index (χ0v) is 18.1. The third-order valence-electron chi connectivity index (χ3n) is 4.46. The number of nitrogens with two attached hydrogens (primary N) is 1. The molecule has 0 aliphatic rings. The second-order valence-electron chi connectivity index (χ2n) is 6.89. The number of benzene rings is 2. The molecule has 33 heavy (non-hydrogen) atoms. The number of carboxylic acids is 1. The predicted molar refractivity (Wildman–Crippen MR) is 118 cm³/mol. The molecular formula is C22H18ClF3N4O3. The summed E-state index contributed by atoms with van der Waals surface area (Å²) in [6.07, 6.45) is -4.69. The van der Waals surface area contributed by atoms with E-state index in [4.69, 9.17) is 27.2 Å². The number of hydrogen-bond donors (Lipinski definition) is 2. The van der Waals surface area contributed by atoms with E-state index >= 15 is 0 Å². The topological polar surface area (TPSA) is 103 Å². The molecule has 0 saturated carbocycles. The number of anilines is 1. The molecule has 0 saturated heterocycles. The molecule has 0 aliphatic heterocycles. The number of ether oxygens (including phenoxy) is 1. The highest BCUT2D eigenvalue weighted by atomic mass is 35.5. The lowest BCUT2D eigenvalue weighted by Gasteiger charge is -2.11. The Labute approximate surface area is 191 Å². The average Bonchev–Trinajstić information content (AvgIpc) is 3.18. The number of carboxylic acid groups (broad SMARTS) is 1. The van der Waals surface area contributed by atoms with Crippen LogP contribution in [0.1, 0.15) is 21.7 Å². The summed E-state index contributed by atoms with van der Waals surface area (Å²) in [6, 6.07) is 13.8. The molecule has 0 bridgehead atoms. The first kappa shape index (κ1) is 23.9. The van der Waals surface area contributed by atoms with Crippen molar-refractivity contribution in [2.24, 2.45) is 0 Å². The Hall–Kier alpha value is -3.79. The smallest absolute Gasteiger partial charge is 0.433 e. The Morgan fingerprint density at radius 1 is 1.12 bits per heavy atom. The number of fused-ring (bicyclic) bond motifs is 1. The molecular weight excluding hydrogens is 461 g/mol. The van der Waals surface area contributed by atoms with E-state index in [2.05, 4.69) is 10.1 Å². The minimum atomic E-state index is -4.69. The van der Waals surface area contributed by atoms with Crippen molar-refractivity contribution in [3.63, 3.8) is 0 Å². The van der Waals surface area contributed by atoms with Crippen LogP contribution in [0, 0.1) is 6.92 Å². The van der Waals surface area contributed by atoms with Crippen LogP contribution in [0.3, 0.4) is 0 Å². The first-order valence-corrected chi connectivity index (χ1v) is 9.74. The summed E-state index contributed by atoms with van der Waals surface area (Å²) in [4.78, 5) is 15.0. The van der Waals surface area contributed by atoms with Crippen molar-refractivity contribution in [1.82, 2.24) is 14.6 Å². The van der Waals surface area contributed by atoms with E-state index in [0.29, 0.717) is 26.5 Å². The molecule has 4 rings (SSSR count). The molecule has 0 atom stereocenters. The summed E-state index contributed by atoms with van der Waals surface area (Å²) in [7, 11) is 1.57. The highest BCUT2D eigenvalue weighted by Crippen LogP contribution is 2.32. The van der Waals surface area contributed by atoms with Gasteiger partial charge in [0.05, 0.1) is 17.8 Å². The molecule has 11 heteroatoms. The fourth-order valence-corrected chi connectivity index (χ4v) is 3.10. The number of nitrogen functional groups attached to an aromatic ring is 1. The van der Waals surface area contributed by atoms with Crippen LogP contribution in [0.2, 0.25) is 5.02 Å². The maximum Gasteiger partial charge on any atom is 0.433 e. The van der Waals surface area contributed by atoms with Crippen molar-refractivity contribution in [3.8, 4) is 17.0 Å². The minimum absolute atomic E-state index is 0.0988. The van der Waals surface area contributed by atoms with Gasteiger partial charge in [-0.05, 0) is 31.2 Å². The van der Waals surface area contributed by atoms with E-state index in [-0.39, 0.29) is 11.3 Å². The lowest BCUT2D eigenvalue weighted by Crippen LogP contribution is -2.14. The number of hydrogen-bond acceptors (Lipinski definition) is 5. The zero-order valence-electron chi connectivity index (χ0n) is 17.4. The summed E-state index contributed by atoms with van der Waals surface area (Å²) < 4.78 is 45.2. The molecule has 0 fully saturated rings. The van der Waals surface area contributed by atoms with Gasteiger partial charge in [-0.15, -0.1) is 0 Å². The number of halogens is 4. The SMILES string of the molecule is COc1ccc(N)cc1Cl.Cc1ccc(-c2cc(C(F)(F)F)n3nc(C(=O)O)cc3n2)cc1. The van der Waals surface area contributed by atoms with Crippen LogP contribution in [0.15, 0.2) is 54.6 Å². The minimum Gasteiger partial charge on any atom is -0.495 e. The van der Waals surface area contributed by atoms with Gasteiger partial charge in [-0.1, -0.05) is 41.4 Å². The van der Waals surface area contributed by atoms with Gasteiger partial charge in [0.15, 0.2) is 17.0 Å². The second kappa shape index (κ2) is 9.37. The Morgan fingerprint density at radius 2 is 1.79 bits per heavy atom. The van der Waals surface area contributed by atoms with Gasteiger partial charge in [-0.3, -0.25) is 0 Å². The Balaban J connectivity index is 0.000000257. The van der Waals surface area contributed by atoms with Crippen LogP contribution in [0.4, 0.5) is 18.9 Å². The Morgan fingerprint density at radius 3 is 2.33 bits per heavy atom. The monoisotopic (exact) mass is 478 g/mol.